The molecule has 1 saturated heterocycles. The number of benzene rings is 1. The average Bonchev–Trinajstić information content (AvgIpc) is 2.84. The van der Waals surface area contributed by atoms with Gasteiger partial charge in [-0.3, -0.25) is 4.18 Å². The molecule has 6 nitrogen and oxygen atoms in total. The van der Waals surface area contributed by atoms with Gasteiger partial charge >= 0.3 is 10.3 Å². The molecule has 0 aromatic heterocycles. The maximum atomic E-state index is 11.0. The van der Waals surface area contributed by atoms with Crippen LogP contribution in [0.4, 0.5) is 0 Å². The maximum absolute atomic E-state index is 11.0. The van der Waals surface area contributed by atoms with E-state index in [1.54, 1.807) is 0 Å². The highest BCUT2D eigenvalue weighted by Gasteiger charge is 2.45. The fraction of sp³-hybridized carbons (Fsp3) is 0.600. The van der Waals surface area contributed by atoms with Crippen molar-refractivity contribution in [2.45, 2.75) is 51.1 Å². The van der Waals surface area contributed by atoms with Gasteiger partial charge in [0.1, 0.15) is 6.10 Å². The van der Waals surface area contributed by atoms with Crippen molar-refractivity contribution in [2.24, 2.45) is 5.14 Å². The van der Waals surface area contributed by atoms with Gasteiger partial charge < -0.3 is 9.47 Å². The first-order valence-corrected chi connectivity index (χ1v) is 8.91. The highest BCUT2D eigenvalue weighted by atomic mass is 32.2. The highest BCUT2D eigenvalue weighted by Crippen LogP contribution is 2.36. The molecule has 1 aromatic rings. The van der Waals surface area contributed by atoms with E-state index >= 15 is 0 Å². The van der Waals surface area contributed by atoms with Crippen LogP contribution < -0.4 is 5.14 Å². The van der Waals surface area contributed by atoms with Crippen molar-refractivity contribution in [2.75, 3.05) is 6.61 Å². The summed E-state index contributed by atoms with van der Waals surface area (Å²) in [5, 5.41) is 4.90. The lowest BCUT2D eigenvalue weighted by Gasteiger charge is -2.25. The van der Waals surface area contributed by atoms with E-state index in [0.717, 1.165) is 5.56 Å². The maximum Gasteiger partial charge on any atom is 0.333 e. The van der Waals surface area contributed by atoms with Gasteiger partial charge in [0.15, 0.2) is 5.79 Å². The molecule has 1 heterocycles. The summed E-state index contributed by atoms with van der Waals surface area (Å²) in [6.45, 7) is 3.82. The van der Waals surface area contributed by atoms with Crippen LogP contribution in [-0.2, 0) is 30.4 Å². The molecule has 0 aliphatic carbocycles. The van der Waals surface area contributed by atoms with Crippen molar-refractivity contribution >= 4 is 10.3 Å². The molecule has 1 aromatic carbocycles. The largest absolute Gasteiger partial charge is 0.344 e. The van der Waals surface area contributed by atoms with Gasteiger partial charge in [-0.25, -0.2) is 5.14 Å². The fourth-order valence-electron chi connectivity index (χ4n) is 2.64. The average molecular weight is 329 g/mol. The third-order valence-corrected chi connectivity index (χ3v) is 4.37. The van der Waals surface area contributed by atoms with E-state index in [0.29, 0.717) is 19.3 Å². The summed E-state index contributed by atoms with van der Waals surface area (Å²) in [5.41, 5.74) is 1.10. The fourth-order valence-corrected chi connectivity index (χ4v) is 2.96. The topological polar surface area (TPSA) is 87.9 Å². The molecule has 0 amide bonds. The normalized spacial score (nSPS) is 24.5. The van der Waals surface area contributed by atoms with E-state index in [-0.39, 0.29) is 12.7 Å². The minimum atomic E-state index is -3.99. The Morgan fingerprint density at radius 2 is 1.73 bits per heavy atom. The molecule has 2 N–H and O–H groups in total. The quantitative estimate of drug-likeness (QED) is 0.823. The third-order valence-electron chi connectivity index (χ3n) is 3.90. The minimum Gasteiger partial charge on any atom is -0.344 e. The number of ether oxygens (including phenoxy) is 2. The molecule has 7 heteroatoms. The molecular weight excluding hydrogens is 306 g/mol. The van der Waals surface area contributed by atoms with Crippen molar-refractivity contribution in [3.8, 4) is 0 Å². The Bertz CT molecular complexity index is 571. The second-order valence-electron chi connectivity index (χ2n) is 5.40. The highest BCUT2D eigenvalue weighted by molar-refractivity contribution is 7.84. The van der Waals surface area contributed by atoms with E-state index in [1.165, 1.54) is 0 Å². The molecule has 1 aliphatic rings. The van der Waals surface area contributed by atoms with Crippen LogP contribution in [0.2, 0.25) is 0 Å². The van der Waals surface area contributed by atoms with Crippen molar-refractivity contribution in [3.63, 3.8) is 0 Å². The first-order chi connectivity index (χ1) is 10.4. The van der Waals surface area contributed by atoms with Crippen LogP contribution in [0.15, 0.2) is 30.3 Å². The minimum absolute atomic E-state index is 0.141. The summed E-state index contributed by atoms with van der Waals surface area (Å²) in [4.78, 5) is 0. The standard InChI is InChI=1S/C15H23NO5S/c1-3-15(4-2)20-13(10-12-8-6-5-7-9-12)14(21-15)11-19-22(16,17)18/h5-9,13-14H,3-4,10-11H2,1-2H3,(H2,16,17,18)/t13-,14-/m1/s1. The Morgan fingerprint density at radius 1 is 1.14 bits per heavy atom. The third kappa shape index (κ3) is 4.50. The van der Waals surface area contributed by atoms with Gasteiger partial charge in [-0.05, 0) is 18.4 Å². The van der Waals surface area contributed by atoms with Crippen LogP contribution in [0.5, 0.6) is 0 Å². The first kappa shape index (κ1) is 17.4. The Balaban J connectivity index is 2.11. The van der Waals surface area contributed by atoms with Gasteiger partial charge in [-0.1, -0.05) is 44.2 Å². The van der Waals surface area contributed by atoms with E-state index in [9.17, 15) is 8.42 Å². The first-order valence-electron chi connectivity index (χ1n) is 7.44. The lowest BCUT2D eigenvalue weighted by Crippen LogP contribution is -2.32. The SMILES string of the molecule is CCC1(CC)O[C@H](COS(N)(=O)=O)[C@@H](Cc2ccccc2)O1. The molecule has 1 aliphatic heterocycles. The molecule has 2 atom stereocenters. The molecule has 0 saturated carbocycles. The summed E-state index contributed by atoms with van der Waals surface area (Å²) in [6, 6.07) is 9.85. The zero-order chi connectivity index (χ0) is 16.2. The Labute approximate surface area is 131 Å². The van der Waals surface area contributed by atoms with Crippen molar-refractivity contribution in [3.05, 3.63) is 35.9 Å². The lowest BCUT2D eigenvalue weighted by molar-refractivity contribution is -0.180. The van der Waals surface area contributed by atoms with E-state index in [4.69, 9.17) is 18.8 Å². The Morgan fingerprint density at radius 3 is 2.27 bits per heavy atom. The van der Waals surface area contributed by atoms with Crippen molar-refractivity contribution in [1.29, 1.82) is 0 Å². The van der Waals surface area contributed by atoms with Gasteiger partial charge in [0, 0.05) is 6.42 Å². The smallest absolute Gasteiger partial charge is 0.333 e. The predicted octanol–water partition coefficient (Wildman–Crippen LogP) is 1.75. The molecule has 0 spiro atoms. The lowest BCUT2D eigenvalue weighted by atomic mass is 10.0. The molecule has 0 bridgehead atoms. The van der Waals surface area contributed by atoms with Crippen LogP contribution in [0, 0.1) is 0 Å². The Hall–Kier alpha value is -0.990. The van der Waals surface area contributed by atoms with Crippen LogP contribution in [-0.4, -0.2) is 33.0 Å². The number of rotatable bonds is 7. The molecule has 124 valence electrons. The van der Waals surface area contributed by atoms with Gasteiger partial charge in [0.05, 0.1) is 12.7 Å². The van der Waals surface area contributed by atoms with Crippen LogP contribution in [0.1, 0.15) is 32.3 Å². The summed E-state index contributed by atoms with van der Waals surface area (Å²) >= 11 is 0. The van der Waals surface area contributed by atoms with Gasteiger partial charge in [-0.2, -0.15) is 8.42 Å². The summed E-state index contributed by atoms with van der Waals surface area (Å²) < 4.78 is 38.8. The zero-order valence-corrected chi connectivity index (χ0v) is 13.7. The van der Waals surface area contributed by atoms with E-state index in [1.807, 2.05) is 44.2 Å². The summed E-state index contributed by atoms with van der Waals surface area (Å²) in [7, 11) is -3.99. The van der Waals surface area contributed by atoms with Gasteiger partial charge in [0.2, 0.25) is 0 Å². The van der Waals surface area contributed by atoms with E-state index < -0.39 is 22.2 Å². The van der Waals surface area contributed by atoms with Gasteiger partial charge in [-0.15, -0.1) is 0 Å². The number of hydrogen-bond acceptors (Lipinski definition) is 5. The number of hydrogen-bond donors (Lipinski definition) is 1. The van der Waals surface area contributed by atoms with Crippen molar-refractivity contribution in [1.82, 2.24) is 0 Å². The molecule has 1 fully saturated rings. The molecular formula is C15H23NO5S. The van der Waals surface area contributed by atoms with E-state index in [2.05, 4.69) is 0 Å². The van der Waals surface area contributed by atoms with Crippen LogP contribution in [0.25, 0.3) is 0 Å². The number of nitrogens with two attached hydrogens (primary N) is 1. The van der Waals surface area contributed by atoms with Crippen LogP contribution in [0.3, 0.4) is 0 Å². The summed E-state index contributed by atoms with van der Waals surface area (Å²) in [5.74, 6) is -0.689. The molecule has 0 unspecified atom stereocenters. The molecule has 22 heavy (non-hydrogen) atoms. The monoisotopic (exact) mass is 329 g/mol. The second-order valence-corrected chi connectivity index (χ2v) is 6.62. The summed E-state index contributed by atoms with van der Waals surface area (Å²) in [6.07, 6.45) is 1.24. The predicted molar refractivity (Wildman–Crippen MR) is 82.3 cm³/mol. The second kappa shape index (κ2) is 7.06. The Kier molecular flexibility index (Phi) is 5.57. The van der Waals surface area contributed by atoms with Crippen molar-refractivity contribution < 1.29 is 22.1 Å². The van der Waals surface area contributed by atoms with Gasteiger partial charge in [0.25, 0.3) is 0 Å². The van der Waals surface area contributed by atoms with Crippen LogP contribution >= 0.6 is 0 Å². The molecule has 0 radical (unpaired) electrons. The molecule has 2 rings (SSSR count). The zero-order valence-electron chi connectivity index (χ0n) is 12.9.